The zero-order chi connectivity index (χ0) is 16.6. The highest BCUT2D eigenvalue weighted by molar-refractivity contribution is 7.98. The molecule has 0 bridgehead atoms. The van der Waals surface area contributed by atoms with Crippen molar-refractivity contribution in [2.45, 2.75) is 31.6 Å². The molecule has 2 amide bonds. The van der Waals surface area contributed by atoms with E-state index < -0.39 is 0 Å². The lowest BCUT2D eigenvalue weighted by molar-refractivity contribution is 0.248. The number of nitrogens with two attached hydrogens (primary N) is 1. The summed E-state index contributed by atoms with van der Waals surface area (Å²) < 4.78 is 0. The van der Waals surface area contributed by atoms with E-state index in [1.54, 1.807) is 34.3 Å². The van der Waals surface area contributed by atoms with E-state index in [0.29, 0.717) is 29.0 Å². The van der Waals surface area contributed by atoms with Gasteiger partial charge in [-0.25, -0.2) is 19.7 Å². The smallest absolute Gasteiger partial charge is 0.330 e. The van der Waals surface area contributed by atoms with Gasteiger partial charge in [0.2, 0.25) is 0 Å². The van der Waals surface area contributed by atoms with E-state index in [0.717, 1.165) is 5.56 Å². The average Bonchev–Trinajstić information content (AvgIpc) is 2.54. The van der Waals surface area contributed by atoms with Crippen LogP contribution in [-0.2, 0) is 6.54 Å². The van der Waals surface area contributed by atoms with Crippen LogP contribution in [0.5, 0.6) is 0 Å². The number of nitrogens with zero attached hydrogens (tertiary/aromatic N) is 5. The van der Waals surface area contributed by atoms with Crippen LogP contribution in [0.15, 0.2) is 29.7 Å². The Hall–Kier alpha value is -2.35. The molecule has 7 nitrogen and oxygen atoms in total. The van der Waals surface area contributed by atoms with Gasteiger partial charge in [-0.2, -0.15) is 0 Å². The average molecular weight is 330 g/mol. The van der Waals surface area contributed by atoms with Crippen LogP contribution in [0.4, 0.5) is 22.1 Å². The fourth-order valence-electron chi connectivity index (χ4n) is 2.48. The first kappa shape index (κ1) is 15.5. The van der Waals surface area contributed by atoms with Crippen LogP contribution in [0.2, 0.25) is 0 Å². The van der Waals surface area contributed by atoms with Gasteiger partial charge in [-0.1, -0.05) is 11.8 Å². The van der Waals surface area contributed by atoms with Crippen molar-refractivity contribution in [3.05, 3.63) is 30.1 Å². The maximum absolute atomic E-state index is 12.9. The summed E-state index contributed by atoms with van der Waals surface area (Å²) in [5, 5.41) is 0.657. The van der Waals surface area contributed by atoms with Crippen LogP contribution in [0.3, 0.4) is 0 Å². The Morgan fingerprint density at radius 1 is 1.26 bits per heavy atom. The fraction of sp³-hybridized carbons (Fsp3) is 0.333. The molecule has 2 aromatic rings. The van der Waals surface area contributed by atoms with Crippen molar-refractivity contribution in [2.24, 2.45) is 0 Å². The molecule has 3 rings (SSSR count). The molecule has 2 N–H and O–H groups in total. The van der Waals surface area contributed by atoms with Gasteiger partial charge in [-0.05, 0) is 32.2 Å². The molecule has 0 unspecified atom stereocenters. The van der Waals surface area contributed by atoms with Crippen LogP contribution in [0, 0.1) is 0 Å². The zero-order valence-electron chi connectivity index (χ0n) is 13.2. The molecule has 1 aliphatic rings. The molecule has 0 spiro atoms. The van der Waals surface area contributed by atoms with Crippen molar-refractivity contribution < 1.29 is 4.79 Å². The number of thioether (sulfide) groups is 1. The minimum Gasteiger partial charge on any atom is -0.384 e. The van der Waals surface area contributed by atoms with E-state index in [2.05, 4.69) is 15.0 Å². The Bertz CT molecular complexity index is 733. The number of anilines is 3. The molecule has 23 heavy (non-hydrogen) atoms. The lowest BCUT2D eigenvalue weighted by Gasteiger charge is -2.38. The first-order chi connectivity index (χ1) is 11.0. The summed E-state index contributed by atoms with van der Waals surface area (Å²) in [5.41, 5.74) is 7.24. The molecule has 0 fully saturated rings. The van der Waals surface area contributed by atoms with Crippen molar-refractivity contribution in [1.82, 2.24) is 15.0 Å². The van der Waals surface area contributed by atoms with Gasteiger partial charge in [0, 0.05) is 17.8 Å². The molecular weight excluding hydrogens is 312 g/mol. The van der Waals surface area contributed by atoms with Gasteiger partial charge in [0.25, 0.3) is 0 Å². The Labute approximate surface area is 138 Å². The maximum Gasteiger partial charge on any atom is 0.330 e. The van der Waals surface area contributed by atoms with Crippen molar-refractivity contribution >= 4 is 35.1 Å². The van der Waals surface area contributed by atoms with Crippen LogP contribution >= 0.6 is 11.8 Å². The molecule has 2 aromatic heterocycles. The highest BCUT2D eigenvalue weighted by atomic mass is 32.2. The normalized spacial score (nSPS) is 14.3. The number of rotatable bonds is 3. The molecule has 0 saturated heterocycles. The van der Waals surface area contributed by atoms with E-state index >= 15 is 0 Å². The molecule has 0 aliphatic carbocycles. The number of carbonyl (C=O) groups is 1. The lowest BCUT2D eigenvalue weighted by Crippen LogP contribution is -2.51. The fourth-order valence-corrected chi connectivity index (χ4v) is 2.82. The molecule has 0 aromatic carbocycles. The van der Waals surface area contributed by atoms with Gasteiger partial charge in [-0.15, -0.1) is 0 Å². The van der Waals surface area contributed by atoms with Gasteiger partial charge in [0.1, 0.15) is 11.6 Å². The molecule has 0 radical (unpaired) electrons. The summed E-state index contributed by atoms with van der Waals surface area (Å²) in [6.45, 7) is 4.35. The molecule has 0 saturated carbocycles. The number of fused-ring (bicyclic) bond motifs is 1. The van der Waals surface area contributed by atoms with Gasteiger partial charge in [0.15, 0.2) is 5.16 Å². The second-order valence-electron chi connectivity index (χ2n) is 5.48. The predicted molar refractivity (Wildman–Crippen MR) is 91.7 cm³/mol. The van der Waals surface area contributed by atoms with E-state index in [-0.39, 0.29) is 12.1 Å². The summed E-state index contributed by atoms with van der Waals surface area (Å²) in [7, 11) is 0. The van der Waals surface area contributed by atoms with Crippen molar-refractivity contribution in [2.75, 3.05) is 21.8 Å². The van der Waals surface area contributed by atoms with E-state index in [1.165, 1.54) is 11.8 Å². The van der Waals surface area contributed by atoms with Crippen molar-refractivity contribution in [3.63, 3.8) is 0 Å². The number of carbonyl (C=O) groups excluding carboxylic acids is 1. The Balaban J connectivity index is 2.06. The Morgan fingerprint density at radius 2 is 2.04 bits per heavy atom. The first-order valence-corrected chi connectivity index (χ1v) is 8.46. The number of hydrogen-bond donors (Lipinski definition) is 1. The third-order valence-corrected chi connectivity index (χ3v) is 4.16. The SMILES string of the molecule is CSc1ncc2c(n1)N(C(C)C)C(=O)N(c1ccc(N)nc1)C2. The topological polar surface area (TPSA) is 88.2 Å². The number of pyridine rings is 1. The number of urea groups is 1. The largest absolute Gasteiger partial charge is 0.384 e. The van der Waals surface area contributed by atoms with Crippen molar-refractivity contribution in [3.8, 4) is 0 Å². The predicted octanol–water partition coefficient (Wildman–Crippen LogP) is 2.53. The molecule has 3 heterocycles. The van der Waals surface area contributed by atoms with E-state index in [9.17, 15) is 4.79 Å². The monoisotopic (exact) mass is 330 g/mol. The minimum atomic E-state index is -0.121. The quantitative estimate of drug-likeness (QED) is 0.687. The minimum absolute atomic E-state index is 0.0182. The highest BCUT2D eigenvalue weighted by Crippen LogP contribution is 2.32. The van der Waals surface area contributed by atoms with Gasteiger partial charge >= 0.3 is 6.03 Å². The number of hydrogen-bond acceptors (Lipinski definition) is 6. The van der Waals surface area contributed by atoms with Gasteiger partial charge in [-0.3, -0.25) is 9.80 Å². The lowest BCUT2D eigenvalue weighted by atomic mass is 10.1. The molecular formula is C15H18N6OS. The number of amides is 2. The standard InChI is InChI=1S/C15H18N6OS/c1-9(2)21-13-10(6-18-14(19-13)23-3)8-20(15(21)22)11-4-5-12(16)17-7-11/h4-7,9H,8H2,1-3H3,(H2,16,17). The van der Waals surface area contributed by atoms with Gasteiger partial charge in [0.05, 0.1) is 18.4 Å². The summed E-state index contributed by atoms with van der Waals surface area (Å²) in [6, 6.07) is 3.34. The van der Waals surface area contributed by atoms with E-state index in [1.807, 2.05) is 20.1 Å². The number of aromatic nitrogens is 3. The van der Waals surface area contributed by atoms with Crippen LogP contribution < -0.4 is 15.5 Å². The van der Waals surface area contributed by atoms with Gasteiger partial charge < -0.3 is 5.73 Å². The first-order valence-electron chi connectivity index (χ1n) is 7.23. The molecule has 120 valence electrons. The highest BCUT2D eigenvalue weighted by Gasteiger charge is 2.34. The molecule has 0 atom stereocenters. The summed E-state index contributed by atoms with van der Waals surface area (Å²) in [6.07, 6.45) is 5.31. The second-order valence-corrected chi connectivity index (χ2v) is 6.25. The van der Waals surface area contributed by atoms with Crippen LogP contribution in [0.25, 0.3) is 0 Å². The van der Waals surface area contributed by atoms with E-state index in [4.69, 9.17) is 5.73 Å². The maximum atomic E-state index is 12.9. The van der Waals surface area contributed by atoms with Crippen molar-refractivity contribution in [1.29, 1.82) is 0 Å². The summed E-state index contributed by atoms with van der Waals surface area (Å²) in [5.74, 6) is 1.11. The molecule has 1 aliphatic heterocycles. The molecule has 8 heteroatoms. The van der Waals surface area contributed by atoms with Crippen LogP contribution in [0.1, 0.15) is 19.4 Å². The number of nitrogen functional groups attached to an aromatic ring is 1. The Kier molecular flexibility index (Phi) is 4.08. The summed E-state index contributed by atoms with van der Waals surface area (Å²) in [4.78, 5) is 29.2. The third kappa shape index (κ3) is 2.81. The summed E-state index contributed by atoms with van der Waals surface area (Å²) >= 11 is 1.46. The third-order valence-electron chi connectivity index (χ3n) is 3.59. The van der Waals surface area contributed by atoms with Crippen LogP contribution in [-0.4, -0.2) is 33.3 Å². The second kappa shape index (κ2) is 6.04. The Morgan fingerprint density at radius 3 is 2.65 bits per heavy atom. The zero-order valence-corrected chi connectivity index (χ0v) is 14.0.